The van der Waals surface area contributed by atoms with Gasteiger partial charge in [-0.25, -0.2) is 13.8 Å². The first-order valence-corrected chi connectivity index (χ1v) is 6.59. The van der Waals surface area contributed by atoms with Crippen molar-refractivity contribution in [2.75, 3.05) is 5.32 Å². The van der Waals surface area contributed by atoms with Crippen LogP contribution in [0.2, 0.25) is 5.02 Å². The van der Waals surface area contributed by atoms with E-state index in [1.54, 1.807) is 6.07 Å². The molecule has 0 unspecified atom stereocenters. The summed E-state index contributed by atoms with van der Waals surface area (Å²) in [5, 5.41) is 3.76. The summed E-state index contributed by atoms with van der Waals surface area (Å²) in [4.78, 5) is 4.20. The predicted molar refractivity (Wildman–Crippen MR) is 74.3 cm³/mol. The fourth-order valence-electron chi connectivity index (χ4n) is 1.66. The number of hydrogen-bond donors (Lipinski definition) is 1. The Hall–Kier alpha value is -1.72. The van der Waals surface area contributed by atoms with E-state index in [4.69, 9.17) is 11.6 Å². The van der Waals surface area contributed by atoms with E-state index in [1.165, 1.54) is 41.7 Å². The predicted octanol–water partition coefficient (Wildman–Crippen LogP) is 4.97. The quantitative estimate of drug-likeness (QED) is 0.722. The van der Waals surface area contributed by atoms with Crippen LogP contribution in [0.5, 0.6) is 0 Å². The van der Waals surface area contributed by atoms with E-state index in [0.717, 1.165) is 4.70 Å². The summed E-state index contributed by atoms with van der Waals surface area (Å²) in [6.07, 6.45) is 0. The lowest BCUT2D eigenvalue weighted by atomic mass is 10.3. The van der Waals surface area contributed by atoms with Gasteiger partial charge < -0.3 is 5.32 Å². The van der Waals surface area contributed by atoms with Crippen molar-refractivity contribution in [3.8, 4) is 0 Å². The average molecular weight is 297 g/mol. The minimum absolute atomic E-state index is 0.243. The van der Waals surface area contributed by atoms with Gasteiger partial charge in [0.15, 0.2) is 5.13 Å². The van der Waals surface area contributed by atoms with Crippen molar-refractivity contribution in [1.82, 2.24) is 4.98 Å². The van der Waals surface area contributed by atoms with Crippen LogP contribution in [0.1, 0.15) is 0 Å². The number of nitrogens with zero attached hydrogens (tertiary/aromatic N) is 1. The number of hydrogen-bond acceptors (Lipinski definition) is 3. The molecule has 3 rings (SSSR count). The molecule has 0 fully saturated rings. The molecule has 0 atom stereocenters. The molecule has 0 saturated carbocycles. The Kier molecular flexibility index (Phi) is 3.08. The van der Waals surface area contributed by atoms with Crippen LogP contribution < -0.4 is 5.32 Å². The molecule has 0 radical (unpaired) electrons. The Bertz CT molecular complexity index is 757. The van der Waals surface area contributed by atoms with Crippen LogP contribution in [0.25, 0.3) is 10.2 Å². The summed E-state index contributed by atoms with van der Waals surface area (Å²) in [6, 6.07) is 8.56. The summed E-state index contributed by atoms with van der Waals surface area (Å²) < 4.78 is 27.5. The molecular weight excluding hydrogens is 290 g/mol. The lowest BCUT2D eigenvalue weighted by Crippen LogP contribution is -1.92. The van der Waals surface area contributed by atoms with Gasteiger partial charge in [0.1, 0.15) is 11.6 Å². The number of thiazole rings is 1. The van der Waals surface area contributed by atoms with Crippen molar-refractivity contribution in [3.05, 3.63) is 53.1 Å². The van der Waals surface area contributed by atoms with E-state index in [0.29, 0.717) is 15.7 Å². The molecule has 0 amide bonds. The molecule has 6 heteroatoms. The summed E-state index contributed by atoms with van der Waals surface area (Å²) in [5.41, 5.74) is 0.780. The van der Waals surface area contributed by atoms with Gasteiger partial charge in [-0.2, -0.15) is 0 Å². The van der Waals surface area contributed by atoms with Crippen LogP contribution in [0, 0.1) is 11.6 Å². The van der Waals surface area contributed by atoms with Crippen molar-refractivity contribution < 1.29 is 8.78 Å². The Morgan fingerprint density at radius 2 is 1.95 bits per heavy atom. The molecule has 1 N–H and O–H groups in total. The summed E-state index contributed by atoms with van der Waals surface area (Å²) >= 11 is 7.13. The molecule has 2 nitrogen and oxygen atoms in total. The molecule has 0 aliphatic rings. The highest BCUT2D eigenvalue weighted by Crippen LogP contribution is 2.30. The van der Waals surface area contributed by atoms with Gasteiger partial charge in [-0.05, 0) is 30.3 Å². The van der Waals surface area contributed by atoms with E-state index in [9.17, 15) is 8.78 Å². The van der Waals surface area contributed by atoms with Gasteiger partial charge in [0.25, 0.3) is 0 Å². The molecule has 1 aromatic heterocycles. The van der Waals surface area contributed by atoms with E-state index in [1.807, 2.05) is 0 Å². The highest BCUT2D eigenvalue weighted by molar-refractivity contribution is 7.22. The maximum Gasteiger partial charge on any atom is 0.188 e. The zero-order valence-electron chi connectivity index (χ0n) is 9.45. The maximum atomic E-state index is 13.6. The van der Waals surface area contributed by atoms with Crippen LogP contribution in [0.3, 0.4) is 0 Å². The lowest BCUT2D eigenvalue weighted by Gasteiger charge is -2.03. The molecule has 0 saturated heterocycles. The first-order chi connectivity index (χ1) is 9.11. The first-order valence-electron chi connectivity index (χ1n) is 5.40. The largest absolute Gasteiger partial charge is 0.329 e. The van der Waals surface area contributed by atoms with Crippen LogP contribution in [0.4, 0.5) is 19.6 Å². The second-order valence-corrected chi connectivity index (χ2v) is 5.35. The molecule has 96 valence electrons. The van der Waals surface area contributed by atoms with Crippen LogP contribution in [0.15, 0.2) is 36.4 Å². The van der Waals surface area contributed by atoms with Crippen molar-refractivity contribution >= 4 is 44.0 Å². The SMILES string of the molecule is Fc1ccc2sc(Nc3cc(Cl)ccc3F)nc2c1. The average Bonchev–Trinajstić information content (AvgIpc) is 2.75. The van der Waals surface area contributed by atoms with Crippen LogP contribution >= 0.6 is 22.9 Å². The zero-order chi connectivity index (χ0) is 13.4. The van der Waals surface area contributed by atoms with Crippen molar-refractivity contribution in [1.29, 1.82) is 0 Å². The van der Waals surface area contributed by atoms with Gasteiger partial charge in [0.2, 0.25) is 0 Å². The van der Waals surface area contributed by atoms with Crippen LogP contribution in [-0.4, -0.2) is 4.98 Å². The Morgan fingerprint density at radius 3 is 2.79 bits per heavy atom. The molecule has 0 aliphatic carbocycles. The van der Waals surface area contributed by atoms with Crippen LogP contribution in [-0.2, 0) is 0 Å². The monoisotopic (exact) mass is 296 g/mol. The van der Waals surface area contributed by atoms with Gasteiger partial charge in [0.05, 0.1) is 15.9 Å². The third-order valence-electron chi connectivity index (χ3n) is 2.52. The fraction of sp³-hybridized carbons (Fsp3) is 0. The smallest absolute Gasteiger partial charge is 0.188 e. The Balaban J connectivity index is 1.98. The Labute approximate surface area is 116 Å². The van der Waals surface area contributed by atoms with E-state index < -0.39 is 5.82 Å². The molecule has 0 aliphatic heterocycles. The van der Waals surface area contributed by atoms with Crippen molar-refractivity contribution in [3.63, 3.8) is 0 Å². The van der Waals surface area contributed by atoms with E-state index >= 15 is 0 Å². The number of fused-ring (bicyclic) bond motifs is 1. The molecule has 1 heterocycles. The number of benzene rings is 2. The van der Waals surface area contributed by atoms with Gasteiger partial charge in [-0.3, -0.25) is 0 Å². The second kappa shape index (κ2) is 4.75. The molecular formula is C13H7ClF2N2S. The topological polar surface area (TPSA) is 24.9 Å². The fourth-order valence-corrected chi connectivity index (χ4v) is 2.69. The minimum Gasteiger partial charge on any atom is -0.329 e. The highest BCUT2D eigenvalue weighted by atomic mass is 35.5. The summed E-state index contributed by atoms with van der Waals surface area (Å²) in [7, 11) is 0. The van der Waals surface area contributed by atoms with Gasteiger partial charge >= 0.3 is 0 Å². The molecule has 0 spiro atoms. The number of rotatable bonds is 2. The Morgan fingerprint density at radius 1 is 1.11 bits per heavy atom. The van der Waals surface area contributed by atoms with E-state index in [2.05, 4.69) is 10.3 Å². The third kappa shape index (κ3) is 2.52. The maximum absolute atomic E-state index is 13.6. The normalized spacial score (nSPS) is 10.9. The number of halogens is 3. The minimum atomic E-state index is -0.421. The lowest BCUT2D eigenvalue weighted by molar-refractivity contribution is 0.629. The number of aromatic nitrogens is 1. The number of anilines is 2. The molecule has 19 heavy (non-hydrogen) atoms. The van der Waals surface area contributed by atoms with Gasteiger partial charge in [0, 0.05) is 11.1 Å². The second-order valence-electron chi connectivity index (χ2n) is 3.88. The molecule has 2 aromatic carbocycles. The van der Waals surface area contributed by atoms with Crippen molar-refractivity contribution in [2.24, 2.45) is 0 Å². The molecule has 3 aromatic rings. The highest BCUT2D eigenvalue weighted by Gasteiger charge is 2.08. The summed E-state index contributed by atoms with van der Waals surface area (Å²) in [5.74, 6) is -0.770. The van der Waals surface area contributed by atoms with E-state index in [-0.39, 0.29) is 11.5 Å². The standard InChI is InChI=1S/C13H7ClF2N2S/c14-7-1-3-9(16)10(5-7)17-13-18-11-6-8(15)2-4-12(11)19-13/h1-6H,(H,17,18). The zero-order valence-corrected chi connectivity index (χ0v) is 11.0. The van der Waals surface area contributed by atoms with Gasteiger partial charge in [-0.1, -0.05) is 22.9 Å². The first kappa shape index (κ1) is 12.3. The van der Waals surface area contributed by atoms with Gasteiger partial charge in [-0.15, -0.1) is 0 Å². The van der Waals surface area contributed by atoms with Crippen molar-refractivity contribution in [2.45, 2.75) is 0 Å². The molecule has 0 bridgehead atoms. The summed E-state index contributed by atoms with van der Waals surface area (Å²) in [6.45, 7) is 0. The third-order valence-corrected chi connectivity index (χ3v) is 3.71. The number of nitrogens with one attached hydrogen (secondary N) is 1.